The van der Waals surface area contributed by atoms with Gasteiger partial charge in [-0.15, -0.1) is 0 Å². The van der Waals surface area contributed by atoms with Crippen LogP contribution >= 0.6 is 0 Å². The molecule has 0 bridgehead atoms. The third-order valence-corrected chi connectivity index (χ3v) is 4.36. The zero-order valence-electron chi connectivity index (χ0n) is 16.5. The number of carbonyl (C=O) groups is 4. The summed E-state index contributed by atoms with van der Waals surface area (Å²) in [5.41, 5.74) is 5.88. The second kappa shape index (κ2) is 11.5. The molecule has 156 valence electrons. The number of hydrogen-bond donors (Lipinski definition) is 6. The number of hydrogen-bond acceptors (Lipinski definition) is 6. The largest absolute Gasteiger partial charge is 0.480 e. The van der Waals surface area contributed by atoms with Crippen LogP contribution in [0.2, 0.25) is 0 Å². The molecule has 0 aliphatic carbocycles. The van der Waals surface area contributed by atoms with E-state index in [0.717, 1.165) is 0 Å². The van der Waals surface area contributed by atoms with Crippen molar-refractivity contribution in [3.63, 3.8) is 0 Å². The van der Waals surface area contributed by atoms with Gasteiger partial charge < -0.3 is 31.9 Å². The van der Waals surface area contributed by atoms with Crippen molar-refractivity contribution in [3.8, 4) is 0 Å². The summed E-state index contributed by atoms with van der Waals surface area (Å²) in [6.45, 7) is 7.79. The van der Waals surface area contributed by atoms with Crippen LogP contribution in [-0.4, -0.2) is 64.7 Å². The molecule has 7 N–H and O–H groups in total. The molecule has 0 saturated carbocycles. The fourth-order valence-electron chi connectivity index (χ4n) is 2.15. The first-order valence-electron chi connectivity index (χ1n) is 8.96. The molecule has 0 aromatic carbocycles. The summed E-state index contributed by atoms with van der Waals surface area (Å²) in [5, 5.41) is 24.9. The number of aliphatic hydroxyl groups is 1. The fourth-order valence-corrected chi connectivity index (χ4v) is 2.15. The van der Waals surface area contributed by atoms with Crippen molar-refractivity contribution in [1.29, 1.82) is 0 Å². The number of carboxylic acid groups (broad SMARTS) is 1. The highest BCUT2D eigenvalue weighted by Crippen LogP contribution is 2.08. The third kappa shape index (κ3) is 7.92. The van der Waals surface area contributed by atoms with Crippen LogP contribution in [0.3, 0.4) is 0 Å². The van der Waals surface area contributed by atoms with Gasteiger partial charge in [-0.3, -0.25) is 14.4 Å². The first-order chi connectivity index (χ1) is 12.5. The van der Waals surface area contributed by atoms with Crippen molar-refractivity contribution >= 4 is 23.7 Å². The minimum Gasteiger partial charge on any atom is -0.480 e. The SMILES string of the molecule is CC[C@H](C)[C@H](N)C(=O)N[C@H](C(=O)N[C@@H](C)C(=O)N[C@@H](CO)C(=O)O)C(C)C. The van der Waals surface area contributed by atoms with Gasteiger partial charge >= 0.3 is 5.97 Å². The van der Waals surface area contributed by atoms with Gasteiger partial charge in [-0.1, -0.05) is 34.1 Å². The number of rotatable bonds is 11. The molecule has 10 heteroatoms. The van der Waals surface area contributed by atoms with E-state index in [1.54, 1.807) is 13.8 Å². The van der Waals surface area contributed by atoms with Crippen molar-refractivity contribution in [2.45, 2.75) is 65.2 Å². The van der Waals surface area contributed by atoms with Gasteiger partial charge in [0.25, 0.3) is 0 Å². The van der Waals surface area contributed by atoms with Crippen molar-refractivity contribution in [3.05, 3.63) is 0 Å². The smallest absolute Gasteiger partial charge is 0.328 e. The minimum atomic E-state index is -1.47. The summed E-state index contributed by atoms with van der Waals surface area (Å²) < 4.78 is 0. The molecule has 0 fully saturated rings. The molecule has 10 nitrogen and oxygen atoms in total. The Labute approximate surface area is 159 Å². The van der Waals surface area contributed by atoms with E-state index in [-0.39, 0.29) is 11.8 Å². The Morgan fingerprint density at radius 2 is 1.48 bits per heavy atom. The van der Waals surface area contributed by atoms with E-state index in [4.69, 9.17) is 15.9 Å². The molecule has 0 spiro atoms. The maximum absolute atomic E-state index is 12.5. The topological polar surface area (TPSA) is 171 Å². The highest BCUT2D eigenvalue weighted by Gasteiger charge is 2.30. The van der Waals surface area contributed by atoms with Gasteiger partial charge in [0.05, 0.1) is 12.6 Å². The van der Waals surface area contributed by atoms with Crippen LogP contribution in [0, 0.1) is 11.8 Å². The highest BCUT2D eigenvalue weighted by molar-refractivity contribution is 5.94. The van der Waals surface area contributed by atoms with E-state index in [9.17, 15) is 19.2 Å². The number of amides is 3. The van der Waals surface area contributed by atoms with Gasteiger partial charge in [0.15, 0.2) is 0 Å². The van der Waals surface area contributed by atoms with E-state index in [1.165, 1.54) is 6.92 Å². The van der Waals surface area contributed by atoms with Crippen LogP contribution in [0.15, 0.2) is 0 Å². The number of nitrogens with one attached hydrogen (secondary N) is 3. The van der Waals surface area contributed by atoms with Crippen molar-refractivity contribution in [1.82, 2.24) is 16.0 Å². The molecule has 3 amide bonds. The molecule has 0 aromatic rings. The van der Waals surface area contributed by atoms with Crippen molar-refractivity contribution < 1.29 is 29.4 Å². The average molecular weight is 388 g/mol. The predicted octanol–water partition coefficient (Wildman–Crippen LogP) is -1.43. The normalized spacial score (nSPS) is 16.6. The summed E-state index contributed by atoms with van der Waals surface area (Å²) in [4.78, 5) is 47.6. The molecule has 0 unspecified atom stereocenters. The summed E-state index contributed by atoms with van der Waals surface area (Å²) in [6.07, 6.45) is 0.708. The lowest BCUT2D eigenvalue weighted by atomic mass is 9.97. The second-order valence-electron chi connectivity index (χ2n) is 6.95. The first kappa shape index (κ1) is 24.8. The highest BCUT2D eigenvalue weighted by atomic mass is 16.4. The molecule has 0 aliphatic rings. The van der Waals surface area contributed by atoms with Gasteiger partial charge in [-0.25, -0.2) is 4.79 Å². The Balaban J connectivity index is 4.95. The summed E-state index contributed by atoms with van der Waals surface area (Å²) in [7, 11) is 0. The van der Waals surface area contributed by atoms with E-state index >= 15 is 0 Å². The lowest BCUT2D eigenvalue weighted by Crippen LogP contribution is -2.58. The summed E-state index contributed by atoms with van der Waals surface area (Å²) >= 11 is 0. The standard InChI is InChI=1S/C17H32N4O6/c1-6-9(4)12(18)15(24)21-13(8(2)3)16(25)19-10(5)14(23)20-11(7-22)17(26)27/h8-13,22H,6-7,18H2,1-5H3,(H,19,25)(H,20,23)(H,21,24)(H,26,27)/t9-,10-,11-,12-,13-/m0/s1. The van der Waals surface area contributed by atoms with Crippen LogP contribution in [-0.2, 0) is 19.2 Å². The number of carboxylic acids is 1. The molecule has 27 heavy (non-hydrogen) atoms. The molecule has 0 aromatic heterocycles. The van der Waals surface area contributed by atoms with Crippen LogP contribution in [0.1, 0.15) is 41.0 Å². The Morgan fingerprint density at radius 1 is 0.926 bits per heavy atom. The Hall–Kier alpha value is -2.20. The molecule has 0 saturated heterocycles. The Morgan fingerprint density at radius 3 is 1.89 bits per heavy atom. The quantitative estimate of drug-likeness (QED) is 0.252. The number of carbonyl (C=O) groups excluding carboxylic acids is 3. The molecule has 0 aliphatic heterocycles. The molecule has 0 rings (SSSR count). The molecule has 0 heterocycles. The van der Waals surface area contributed by atoms with Gasteiger partial charge in [-0.2, -0.15) is 0 Å². The predicted molar refractivity (Wildman–Crippen MR) is 98.5 cm³/mol. The Kier molecular flexibility index (Phi) is 10.6. The van der Waals surface area contributed by atoms with Crippen molar-refractivity contribution in [2.24, 2.45) is 17.6 Å². The lowest BCUT2D eigenvalue weighted by Gasteiger charge is -2.26. The second-order valence-corrected chi connectivity index (χ2v) is 6.95. The van der Waals surface area contributed by atoms with E-state index in [2.05, 4.69) is 16.0 Å². The third-order valence-electron chi connectivity index (χ3n) is 4.36. The average Bonchev–Trinajstić information content (AvgIpc) is 2.61. The van der Waals surface area contributed by atoms with Crippen LogP contribution in [0.25, 0.3) is 0 Å². The maximum atomic E-state index is 12.5. The van der Waals surface area contributed by atoms with Gasteiger partial charge in [0.2, 0.25) is 17.7 Å². The maximum Gasteiger partial charge on any atom is 0.328 e. The van der Waals surface area contributed by atoms with E-state index in [1.807, 2.05) is 13.8 Å². The number of nitrogens with two attached hydrogens (primary N) is 1. The molecular formula is C17H32N4O6. The fraction of sp³-hybridized carbons (Fsp3) is 0.765. The zero-order chi connectivity index (χ0) is 21.3. The van der Waals surface area contributed by atoms with Gasteiger partial charge in [0, 0.05) is 0 Å². The molecule has 5 atom stereocenters. The molecule has 0 radical (unpaired) electrons. The van der Waals surface area contributed by atoms with Crippen molar-refractivity contribution in [2.75, 3.05) is 6.61 Å². The van der Waals surface area contributed by atoms with Crippen LogP contribution in [0.5, 0.6) is 0 Å². The van der Waals surface area contributed by atoms with E-state index < -0.39 is 54.5 Å². The number of aliphatic hydroxyl groups excluding tert-OH is 1. The summed E-state index contributed by atoms with van der Waals surface area (Å²) in [5.74, 6) is -3.53. The number of aliphatic carboxylic acids is 1. The van der Waals surface area contributed by atoms with Crippen LogP contribution in [0.4, 0.5) is 0 Å². The lowest BCUT2D eigenvalue weighted by molar-refractivity contribution is -0.143. The van der Waals surface area contributed by atoms with Crippen LogP contribution < -0.4 is 21.7 Å². The van der Waals surface area contributed by atoms with E-state index in [0.29, 0.717) is 6.42 Å². The van der Waals surface area contributed by atoms with Gasteiger partial charge in [-0.05, 0) is 18.8 Å². The van der Waals surface area contributed by atoms with Gasteiger partial charge in [0.1, 0.15) is 18.1 Å². The Bertz CT molecular complexity index is 540. The monoisotopic (exact) mass is 388 g/mol. The summed E-state index contributed by atoms with van der Waals surface area (Å²) in [6, 6.07) is -4.19. The first-order valence-corrected chi connectivity index (χ1v) is 8.96. The minimum absolute atomic E-state index is 0.0583. The zero-order valence-corrected chi connectivity index (χ0v) is 16.5. The molecular weight excluding hydrogens is 356 g/mol.